The molecule has 4 nitrogen and oxygen atoms in total. The van der Waals surface area contributed by atoms with Crippen LogP contribution in [-0.2, 0) is 0 Å². The molecule has 0 heterocycles. The summed E-state index contributed by atoms with van der Waals surface area (Å²) in [6.07, 6.45) is 8.50. The Labute approximate surface area is 142 Å². The molecular formula is C20H23N2O2+. The molecule has 0 bridgehead atoms. The molecule has 3 rings (SSSR count). The third-order valence-corrected chi connectivity index (χ3v) is 4.42. The second-order valence-corrected chi connectivity index (χ2v) is 6.56. The van der Waals surface area contributed by atoms with Gasteiger partial charge in [0.25, 0.3) is 0 Å². The normalized spacial score (nSPS) is 19.6. The molecule has 2 N–H and O–H groups in total. The third kappa shape index (κ3) is 2.87. The highest BCUT2D eigenvalue weighted by Gasteiger charge is 2.23. The molecule has 1 aromatic rings. The first kappa shape index (κ1) is 16.1. The quantitative estimate of drug-likeness (QED) is 0.821. The van der Waals surface area contributed by atoms with Gasteiger partial charge >= 0.3 is 0 Å². The van der Waals surface area contributed by atoms with Gasteiger partial charge in [-0.05, 0) is 35.8 Å². The molecule has 2 aliphatic carbocycles. The van der Waals surface area contributed by atoms with Crippen molar-refractivity contribution < 1.29 is 14.8 Å². The molecule has 0 aromatic heterocycles. The first-order valence-corrected chi connectivity index (χ1v) is 7.94. The minimum Gasteiger partial charge on any atom is -0.507 e. The Hall–Kier alpha value is -2.75. The van der Waals surface area contributed by atoms with Gasteiger partial charge in [0.15, 0.2) is 0 Å². The lowest BCUT2D eigenvalue weighted by Crippen LogP contribution is -2.13. The van der Waals surface area contributed by atoms with Crippen molar-refractivity contribution in [2.45, 2.75) is 6.42 Å². The lowest BCUT2D eigenvalue weighted by molar-refractivity contribution is -0.462. The summed E-state index contributed by atoms with van der Waals surface area (Å²) in [7, 11) is 7.79. The molecular weight excluding hydrogens is 300 g/mol. The maximum atomic E-state index is 10.3. The van der Waals surface area contributed by atoms with Crippen molar-refractivity contribution >= 4 is 17.0 Å². The van der Waals surface area contributed by atoms with Crippen LogP contribution in [0.3, 0.4) is 0 Å². The summed E-state index contributed by atoms with van der Waals surface area (Å²) in [4.78, 5) is 1.96. The number of allylic oxidation sites excluding steroid dienone is 6. The van der Waals surface area contributed by atoms with E-state index in [1.165, 1.54) is 0 Å². The average molecular weight is 323 g/mol. The lowest BCUT2D eigenvalue weighted by atomic mass is 9.82. The van der Waals surface area contributed by atoms with Crippen molar-refractivity contribution in [2.24, 2.45) is 0 Å². The van der Waals surface area contributed by atoms with E-state index in [-0.39, 0.29) is 0 Å². The highest BCUT2D eigenvalue weighted by Crippen LogP contribution is 2.41. The molecule has 1 aromatic carbocycles. The maximum Gasteiger partial charge on any atom is 0.203 e. The topological polar surface area (TPSA) is 46.7 Å². The predicted molar refractivity (Wildman–Crippen MR) is 99.0 cm³/mol. The first-order valence-electron chi connectivity index (χ1n) is 7.94. The fourth-order valence-corrected chi connectivity index (χ4v) is 2.87. The summed E-state index contributed by atoms with van der Waals surface area (Å²) in [5.74, 6) is 0.581. The van der Waals surface area contributed by atoms with Crippen molar-refractivity contribution in [1.29, 1.82) is 0 Å². The lowest BCUT2D eigenvalue weighted by Gasteiger charge is -2.23. The molecule has 0 radical (unpaired) electrons. The Bertz CT molecular complexity index is 848. The molecule has 0 fully saturated rings. The van der Waals surface area contributed by atoms with E-state index < -0.39 is 0 Å². The van der Waals surface area contributed by atoms with Gasteiger partial charge in [-0.15, -0.1) is 0 Å². The Morgan fingerprint density at radius 1 is 1.04 bits per heavy atom. The smallest absolute Gasteiger partial charge is 0.203 e. The average Bonchev–Trinajstić information content (AvgIpc) is 2.48. The number of phenolic OH excluding ortho intramolecular Hbond substituents is 1. The van der Waals surface area contributed by atoms with E-state index in [1.54, 1.807) is 12.1 Å². The molecule has 0 spiro atoms. The number of anilines is 1. The summed E-state index contributed by atoms with van der Waals surface area (Å²) < 4.78 is 1.96. The second-order valence-electron chi connectivity index (χ2n) is 6.56. The van der Waals surface area contributed by atoms with E-state index in [1.807, 2.05) is 68.0 Å². The van der Waals surface area contributed by atoms with Crippen LogP contribution in [0.1, 0.15) is 12.0 Å². The van der Waals surface area contributed by atoms with E-state index in [0.717, 1.165) is 40.1 Å². The highest BCUT2D eigenvalue weighted by atomic mass is 16.3. The van der Waals surface area contributed by atoms with E-state index in [9.17, 15) is 10.2 Å². The number of aliphatic hydroxyl groups excluding tert-OH is 1. The van der Waals surface area contributed by atoms with Crippen LogP contribution >= 0.6 is 0 Å². The fraction of sp³-hybridized carbons (Fsp3) is 0.250. The van der Waals surface area contributed by atoms with Crippen LogP contribution < -0.4 is 4.90 Å². The van der Waals surface area contributed by atoms with Gasteiger partial charge in [0.05, 0.1) is 6.08 Å². The molecule has 0 atom stereocenters. The van der Waals surface area contributed by atoms with Crippen molar-refractivity contribution in [3.8, 4) is 5.75 Å². The van der Waals surface area contributed by atoms with Gasteiger partial charge in [0, 0.05) is 43.1 Å². The zero-order chi connectivity index (χ0) is 17.4. The Morgan fingerprint density at radius 3 is 2.29 bits per heavy atom. The van der Waals surface area contributed by atoms with Crippen molar-refractivity contribution in [2.75, 3.05) is 33.1 Å². The number of hydrogen-bond acceptors (Lipinski definition) is 3. The van der Waals surface area contributed by atoms with Gasteiger partial charge < -0.3 is 15.1 Å². The van der Waals surface area contributed by atoms with Crippen molar-refractivity contribution in [1.82, 2.24) is 0 Å². The van der Waals surface area contributed by atoms with Crippen LogP contribution in [0, 0.1) is 0 Å². The minimum absolute atomic E-state index is 0.290. The van der Waals surface area contributed by atoms with Gasteiger partial charge in [-0.25, -0.2) is 4.58 Å². The van der Waals surface area contributed by atoms with Crippen LogP contribution in [0.2, 0.25) is 0 Å². The molecule has 0 amide bonds. The van der Waals surface area contributed by atoms with Crippen molar-refractivity contribution in [3.05, 3.63) is 65.0 Å². The Kier molecular flexibility index (Phi) is 4.06. The molecule has 24 heavy (non-hydrogen) atoms. The first-order chi connectivity index (χ1) is 11.4. The molecule has 124 valence electrons. The van der Waals surface area contributed by atoms with E-state index in [2.05, 4.69) is 0 Å². The number of nitrogens with zero attached hydrogens (tertiary/aromatic N) is 2. The van der Waals surface area contributed by atoms with Gasteiger partial charge in [-0.1, -0.05) is 6.08 Å². The number of hydrogen-bond donors (Lipinski definition) is 2. The highest BCUT2D eigenvalue weighted by molar-refractivity contribution is 6.03. The molecule has 2 aliphatic rings. The van der Waals surface area contributed by atoms with E-state index in [0.29, 0.717) is 11.5 Å². The van der Waals surface area contributed by atoms with Crippen LogP contribution in [0.25, 0.3) is 5.57 Å². The molecule has 0 saturated heterocycles. The number of aliphatic hydroxyl groups is 1. The monoisotopic (exact) mass is 323 g/mol. The number of phenols is 1. The van der Waals surface area contributed by atoms with E-state index in [4.69, 9.17) is 0 Å². The van der Waals surface area contributed by atoms with Gasteiger partial charge in [0.2, 0.25) is 5.71 Å². The SMILES string of the molecule is CN(C)c1ccc(C2=CC(=C3C=CC(=[N+](C)C)C=C3O)C2)c(O)c1. The third-order valence-electron chi connectivity index (χ3n) is 4.42. The summed E-state index contributed by atoms with van der Waals surface area (Å²) in [6.45, 7) is 0. The Morgan fingerprint density at radius 2 is 1.75 bits per heavy atom. The zero-order valence-electron chi connectivity index (χ0n) is 14.5. The summed E-state index contributed by atoms with van der Waals surface area (Å²) in [6, 6.07) is 5.72. The summed E-state index contributed by atoms with van der Waals surface area (Å²) in [5.41, 5.74) is 5.82. The molecule has 4 heteroatoms. The largest absolute Gasteiger partial charge is 0.507 e. The maximum absolute atomic E-state index is 10.3. The fourth-order valence-electron chi connectivity index (χ4n) is 2.87. The zero-order valence-corrected chi connectivity index (χ0v) is 14.5. The molecule has 0 aliphatic heterocycles. The standard InChI is InChI=1S/C20H22N2O2/c1-21(2)15-5-7-17(19(23)11-15)13-9-14(10-13)18-8-6-16(22(3)4)12-20(18)24/h5-9,11-12H,10H2,1-4H3,(H,23,24)/p+1. The van der Waals surface area contributed by atoms with Gasteiger partial charge in [-0.3, -0.25) is 0 Å². The molecule has 0 saturated carbocycles. The van der Waals surface area contributed by atoms with Crippen LogP contribution in [0.15, 0.2) is 59.4 Å². The van der Waals surface area contributed by atoms with Gasteiger partial charge in [-0.2, -0.15) is 0 Å². The van der Waals surface area contributed by atoms with Crippen LogP contribution in [0.5, 0.6) is 5.75 Å². The summed E-state index contributed by atoms with van der Waals surface area (Å²) >= 11 is 0. The minimum atomic E-state index is 0.290. The van der Waals surface area contributed by atoms with Crippen LogP contribution in [0.4, 0.5) is 5.69 Å². The Balaban J connectivity index is 1.89. The number of aromatic hydroxyl groups is 1. The van der Waals surface area contributed by atoms with E-state index >= 15 is 0 Å². The van der Waals surface area contributed by atoms with Crippen molar-refractivity contribution in [3.63, 3.8) is 0 Å². The van der Waals surface area contributed by atoms with Gasteiger partial charge in [0.1, 0.15) is 25.6 Å². The number of rotatable bonds is 2. The predicted octanol–water partition coefficient (Wildman–Crippen LogP) is 3.27. The second kappa shape index (κ2) is 6.04. The number of benzene rings is 1. The van der Waals surface area contributed by atoms with Crippen LogP contribution in [-0.4, -0.2) is 48.7 Å². The summed E-state index contributed by atoms with van der Waals surface area (Å²) in [5, 5.41) is 20.5. The molecule has 0 unspecified atom stereocenters.